The normalized spacial score (nSPS) is 13.6. The van der Waals surface area contributed by atoms with Gasteiger partial charge in [-0.15, -0.1) is 0 Å². The first kappa shape index (κ1) is 21.7. The number of imidazole rings is 1. The molecule has 0 bridgehead atoms. The molecule has 0 saturated heterocycles. The van der Waals surface area contributed by atoms with Crippen LogP contribution in [0, 0.1) is 5.82 Å². The maximum absolute atomic E-state index is 13.1. The number of hydrogen-bond donors (Lipinski definition) is 3. The molecule has 1 atom stereocenters. The van der Waals surface area contributed by atoms with Crippen LogP contribution in [-0.2, 0) is 12.0 Å². The Balaban J connectivity index is 1.78. The molecule has 6 heteroatoms. The molecule has 1 amide bonds. The zero-order valence-electron chi connectivity index (χ0n) is 17.6. The number of benzene rings is 2. The van der Waals surface area contributed by atoms with Crippen LogP contribution in [0.25, 0.3) is 0 Å². The standard InChI is InChI=1S/C24H28FN3O2/c1-23(2,3)28-22(29)18-8-10-19(11-9-18)24(30,21-15-26-16-27-21)14-4-5-17-6-12-20(25)13-7-17/h6-13,15-16,30H,4-5,14H2,1-3H3,(H,26,27)(H,28,29). The fourth-order valence-corrected chi connectivity index (χ4v) is 3.43. The maximum Gasteiger partial charge on any atom is 0.251 e. The van der Waals surface area contributed by atoms with E-state index in [9.17, 15) is 14.3 Å². The van der Waals surface area contributed by atoms with Gasteiger partial charge in [0.2, 0.25) is 0 Å². The number of aromatic nitrogens is 2. The zero-order chi connectivity index (χ0) is 21.8. The average Bonchev–Trinajstić information content (AvgIpc) is 3.24. The summed E-state index contributed by atoms with van der Waals surface area (Å²) in [6.07, 6.45) is 4.99. The van der Waals surface area contributed by atoms with E-state index in [1.165, 1.54) is 18.5 Å². The fraction of sp³-hybridized carbons (Fsp3) is 0.333. The van der Waals surface area contributed by atoms with Gasteiger partial charge in [0.15, 0.2) is 0 Å². The lowest BCUT2D eigenvalue weighted by Crippen LogP contribution is -2.40. The predicted octanol–water partition coefficient (Wildman–Crippen LogP) is 4.34. The van der Waals surface area contributed by atoms with Crippen LogP contribution in [0.2, 0.25) is 0 Å². The smallest absolute Gasteiger partial charge is 0.251 e. The Bertz CT molecular complexity index is 961. The van der Waals surface area contributed by atoms with Crippen molar-refractivity contribution >= 4 is 5.91 Å². The fourth-order valence-electron chi connectivity index (χ4n) is 3.43. The molecule has 2 aromatic carbocycles. The Hall–Kier alpha value is -2.99. The van der Waals surface area contributed by atoms with Gasteiger partial charge >= 0.3 is 0 Å². The van der Waals surface area contributed by atoms with Crippen molar-refractivity contribution in [1.29, 1.82) is 0 Å². The minimum Gasteiger partial charge on any atom is -0.379 e. The number of halogens is 1. The number of carbonyl (C=O) groups is 1. The van der Waals surface area contributed by atoms with Crippen molar-refractivity contribution in [2.75, 3.05) is 0 Å². The Morgan fingerprint density at radius 3 is 2.33 bits per heavy atom. The van der Waals surface area contributed by atoms with Crippen LogP contribution in [0.1, 0.15) is 60.8 Å². The van der Waals surface area contributed by atoms with Crippen LogP contribution < -0.4 is 5.32 Å². The summed E-state index contributed by atoms with van der Waals surface area (Å²) in [6.45, 7) is 5.78. The van der Waals surface area contributed by atoms with Gasteiger partial charge < -0.3 is 15.4 Å². The van der Waals surface area contributed by atoms with Gasteiger partial charge in [-0.1, -0.05) is 24.3 Å². The van der Waals surface area contributed by atoms with Gasteiger partial charge in [0.1, 0.15) is 11.4 Å². The molecule has 30 heavy (non-hydrogen) atoms. The van der Waals surface area contributed by atoms with Gasteiger partial charge in [0, 0.05) is 11.1 Å². The van der Waals surface area contributed by atoms with Crippen LogP contribution >= 0.6 is 0 Å². The molecule has 3 aromatic rings. The minimum absolute atomic E-state index is 0.157. The molecule has 0 aliphatic carbocycles. The van der Waals surface area contributed by atoms with Gasteiger partial charge in [-0.25, -0.2) is 9.37 Å². The molecule has 3 rings (SSSR count). The van der Waals surface area contributed by atoms with Crippen molar-refractivity contribution in [3.8, 4) is 0 Å². The Labute approximate surface area is 176 Å². The predicted molar refractivity (Wildman–Crippen MR) is 115 cm³/mol. The second-order valence-corrected chi connectivity index (χ2v) is 8.59. The third kappa shape index (κ3) is 5.33. The van der Waals surface area contributed by atoms with Crippen molar-refractivity contribution in [3.63, 3.8) is 0 Å². The van der Waals surface area contributed by atoms with Gasteiger partial charge in [0.25, 0.3) is 5.91 Å². The molecule has 0 spiro atoms. The van der Waals surface area contributed by atoms with Crippen LogP contribution in [0.15, 0.2) is 61.1 Å². The lowest BCUT2D eigenvalue weighted by molar-refractivity contribution is 0.0646. The number of aryl methyl sites for hydroxylation is 1. The molecular formula is C24H28FN3O2. The summed E-state index contributed by atoms with van der Waals surface area (Å²) in [7, 11) is 0. The maximum atomic E-state index is 13.1. The summed E-state index contributed by atoms with van der Waals surface area (Å²) in [5.74, 6) is -0.418. The Morgan fingerprint density at radius 2 is 1.77 bits per heavy atom. The number of nitrogens with one attached hydrogen (secondary N) is 2. The quantitative estimate of drug-likeness (QED) is 0.543. The number of nitrogens with zero attached hydrogens (tertiary/aromatic N) is 1. The van der Waals surface area contributed by atoms with Gasteiger partial charge in [0.05, 0.1) is 18.2 Å². The monoisotopic (exact) mass is 409 g/mol. The van der Waals surface area contributed by atoms with Gasteiger partial charge in [-0.3, -0.25) is 4.79 Å². The van der Waals surface area contributed by atoms with E-state index in [0.29, 0.717) is 36.1 Å². The summed E-state index contributed by atoms with van der Waals surface area (Å²) in [5, 5.41) is 14.5. The number of amides is 1. The largest absolute Gasteiger partial charge is 0.379 e. The molecule has 0 radical (unpaired) electrons. The van der Waals surface area contributed by atoms with Crippen LogP contribution in [0.3, 0.4) is 0 Å². The number of carbonyl (C=O) groups excluding carboxylic acids is 1. The highest BCUT2D eigenvalue weighted by atomic mass is 19.1. The van der Waals surface area contributed by atoms with Gasteiger partial charge in [-0.05, 0) is 75.4 Å². The summed E-state index contributed by atoms with van der Waals surface area (Å²) in [5.41, 5.74) is 1.22. The first-order valence-electron chi connectivity index (χ1n) is 10.1. The highest BCUT2D eigenvalue weighted by Crippen LogP contribution is 2.33. The second-order valence-electron chi connectivity index (χ2n) is 8.59. The number of H-pyrrole nitrogens is 1. The van der Waals surface area contributed by atoms with Crippen molar-refractivity contribution in [1.82, 2.24) is 15.3 Å². The van der Waals surface area contributed by atoms with E-state index in [0.717, 1.165) is 5.56 Å². The minimum atomic E-state index is -1.27. The second kappa shape index (κ2) is 8.79. The average molecular weight is 410 g/mol. The highest BCUT2D eigenvalue weighted by Gasteiger charge is 2.32. The molecule has 1 aromatic heterocycles. The highest BCUT2D eigenvalue weighted by molar-refractivity contribution is 5.94. The molecule has 1 unspecified atom stereocenters. The van der Waals surface area contributed by atoms with Crippen LogP contribution in [-0.4, -0.2) is 26.5 Å². The molecule has 5 nitrogen and oxygen atoms in total. The Kier molecular flexibility index (Phi) is 6.37. The molecule has 0 saturated carbocycles. The van der Waals surface area contributed by atoms with E-state index >= 15 is 0 Å². The van der Waals surface area contributed by atoms with Crippen molar-refractivity contribution in [2.45, 2.75) is 51.2 Å². The molecule has 158 valence electrons. The number of aromatic amines is 1. The molecular weight excluding hydrogens is 381 g/mol. The summed E-state index contributed by atoms with van der Waals surface area (Å²) < 4.78 is 13.1. The first-order chi connectivity index (χ1) is 14.2. The zero-order valence-corrected chi connectivity index (χ0v) is 17.6. The SMILES string of the molecule is CC(C)(C)NC(=O)c1ccc(C(O)(CCCc2ccc(F)cc2)c2cnc[nH]2)cc1. The molecule has 0 aliphatic heterocycles. The summed E-state index contributed by atoms with van der Waals surface area (Å²) in [4.78, 5) is 19.5. The van der Waals surface area contributed by atoms with Crippen molar-refractivity contribution in [2.24, 2.45) is 0 Å². The first-order valence-corrected chi connectivity index (χ1v) is 10.1. The molecule has 3 N–H and O–H groups in total. The van der Waals surface area contributed by atoms with E-state index < -0.39 is 5.60 Å². The number of hydrogen-bond acceptors (Lipinski definition) is 3. The topological polar surface area (TPSA) is 78.0 Å². The lowest BCUT2D eigenvalue weighted by atomic mass is 9.85. The van der Waals surface area contributed by atoms with E-state index in [2.05, 4.69) is 15.3 Å². The third-order valence-electron chi connectivity index (χ3n) is 4.97. The molecule has 0 fully saturated rings. The van der Waals surface area contributed by atoms with E-state index in [1.807, 2.05) is 20.8 Å². The summed E-state index contributed by atoms with van der Waals surface area (Å²) >= 11 is 0. The van der Waals surface area contributed by atoms with E-state index in [-0.39, 0.29) is 17.3 Å². The van der Waals surface area contributed by atoms with Crippen molar-refractivity contribution in [3.05, 3.63) is 89.3 Å². The van der Waals surface area contributed by atoms with Gasteiger partial charge in [-0.2, -0.15) is 0 Å². The Morgan fingerprint density at radius 1 is 1.10 bits per heavy atom. The number of aliphatic hydroxyl groups is 1. The molecule has 0 aliphatic rings. The van der Waals surface area contributed by atoms with Crippen molar-refractivity contribution < 1.29 is 14.3 Å². The third-order valence-corrected chi connectivity index (χ3v) is 4.97. The number of rotatable bonds is 7. The van der Waals surface area contributed by atoms with E-state index in [4.69, 9.17) is 0 Å². The van der Waals surface area contributed by atoms with Crippen LogP contribution in [0.4, 0.5) is 4.39 Å². The summed E-state index contributed by atoms with van der Waals surface area (Å²) in [6, 6.07) is 13.4. The lowest BCUT2D eigenvalue weighted by Gasteiger charge is -2.28. The van der Waals surface area contributed by atoms with E-state index in [1.54, 1.807) is 42.6 Å². The molecule has 1 heterocycles. The van der Waals surface area contributed by atoms with Crippen LogP contribution in [0.5, 0.6) is 0 Å².